The zero-order valence-electron chi connectivity index (χ0n) is 14.8. The van der Waals surface area contributed by atoms with Crippen LogP contribution >= 0.6 is 0 Å². The van der Waals surface area contributed by atoms with Crippen molar-refractivity contribution in [2.24, 2.45) is 5.92 Å². The highest BCUT2D eigenvalue weighted by Crippen LogP contribution is 2.42. The van der Waals surface area contributed by atoms with Crippen LogP contribution in [-0.2, 0) is 0 Å². The first-order valence-electron chi connectivity index (χ1n) is 9.45. The van der Waals surface area contributed by atoms with Crippen LogP contribution in [0.25, 0.3) is 0 Å². The molecular formula is C21H31NO. The van der Waals surface area contributed by atoms with E-state index in [1.54, 1.807) is 0 Å². The first-order valence-corrected chi connectivity index (χ1v) is 9.45. The SMILES string of the molecule is CCCCCC1CCC(c2cccc(C#N)c2OCCC)CC1. The third-order valence-corrected chi connectivity index (χ3v) is 5.12. The Morgan fingerprint density at radius 3 is 2.52 bits per heavy atom. The lowest BCUT2D eigenvalue weighted by Crippen LogP contribution is -2.15. The van der Waals surface area contributed by atoms with Crippen LogP contribution in [0.15, 0.2) is 18.2 Å². The third-order valence-electron chi connectivity index (χ3n) is 5.12. The molecule has 0 unspecified atom stereocenters. The predicted molar refractivity (Wildman–Crippen MR) is 95.8 cm³/mol. The van der Waals surface area contributed by atoms with Crippen molar-refractivity contribution in [3.63, 3.8) is 0 Å². The Labute approximate surface area is 141 Å². The van der Waals surface area contributed by atoms with Gasteiger partial charge in [-0.15, -0.1) is 0 Å². The van der Waals surface area contributed by atoms with Gasteiger partial charge in [0.25, 0.3) is 0 Å². The molecule has 1 aromatic carbocycles. The lowest BCUT2D eigenvalue weighted by atomic mass is 9.76. The minimum Gasteiger partial charge on any atom is -0.492 e. The molecule has 0 N–H and O–H groups in total. The zero-order valence-corrected chi connectivity index (χ0v) is 14.8. The average molecular weight is 313 g/mol. The van der Waals surface area contributed by atoms with Gasteiger partial charge in [0.2, 0.25) is 0 Å². The summed E-state index contributed by atoms with van der Waals surface area (Å²) < 4.78 is 5.95. The Balaban J connectivity index is 2.01. The molecule has 1 aliphatic rings. The van der Waals surface area contributed by atoms with E-state index < -0.39 is 0 Å². The molecule has 23 heavy (non-hydrogen) atoms. The monoisotopic (exact) mass is 313 g/mol. The lowest BCUT2D eigenvalue weighted by Gasteiger charge is -2.30. The second-order valence-electron chi connectivity index (χ2n) is 6.90. The Morgan fingerprint density at radius 1 is 1.09 bits per heavy atom. The molecule has 0 aromatic heterocycles. The third kappa shape index (κ3) is 4.99. The fraction of sp³-hybridized carbons (Fsp3) is 0.667. The molecule has 0 amide bonds. The van der Waals surface area contributed by atoms with Gasteiger partial charge in [0.05, 0.1) is 12.2 Å². The van der Waals surface area contributed by atoms with Crippen LogP contribution in [-0.4, -0.2) is 6.61 Å². The van der Waals surface area contributed by atoms with Crippen molar-refractivity contribution in [3.8, 4) is 11.8 Å². The summed E-state index contributed by atoms with van der Waals surface area (Å²) in [5.41, 5.74) is 1.96. The molecular weight excluding hydrogens is 282 g/mol. The molecule has 1 saturated carbocycles. The highest BCUT2D eigenvalue weighted by Gasteiger charge is 2.25. The Hall–Kier alpha value is -1.49. The maximum atomic E-state index is 9.37. The van der Waals surface area contributed by atoms with Gasteiger partial charge in [-0.05, 0) is 55.6 Å². The number of unbranched alkanes of at least 4 members (excludes halogenated alkanes) is 2. The van der Waals surface area contributed by atoms with Gasteiger partial charge in [0, 0.05) is 0 Å². The fourth-order valence-corrected chi connectivity index (χ4v) is 3.77. The number of hydrogen-bond donors (Lipinski definition) is 0. The normalized spacial score (nSPS) is 20.9. The van der Waals surface area contributed by atoms with Crippen LogP contribution < -0.4 is 4.74 Å². The first kappa shape index (κ1) is 17.9. The standard InChI is InChI=1S/C21H31NO/c1-3-5-6-8-17-11-13-18(14-12-17)20-10-7-9-19(16-22)21(20)23-15-4-2/h7,9-10,17-18H,3-6,8,11-15H2,1-2H3. The molecule has 2 heteroatoms. The van der Waals surface area contributed by atoms with E-state index in [0.717, 1.165) is 18.1 Å². The number of hydrogen-bond acceptors (Lipinski definition) is 2. The molecule has 126 valence electrons. The molecule has 0 bridgehead atoms. The quantitative estimate of drug-likeness (QED) is 0.535. The molecule has 1 aliphatic carbocycles. The second-order valence-corrected chi connectivity index (χ2v) is 6.90. The predicted octanol–water partition coefficient (Wildman–Crippen LogP) is 6.20. The van der Waals surface area contributed by atoms with Gasteiger partial charge in [0.15, 0.2) is 0 Å². The van der Waals surface area contributed by atoms with E-state index in [1.807, 2.05) is 12.1 Å². The Kier molecular flexibility index (Phi) is 7.46. The summed E-state index contributed by atoms with van der Waals surface area (Å²) in [6.07, 6.45) is 11.6. The van der Waals surface area contributed by atoms with Gasteiger partial charge in [0.1, 0.15) is 11.8 Å². The average Bonchev–Trinajstić information content (AvgIpc) is 2.60. The van der Waals surface area contributed by atoms with E-state index in [1.165, 1.54) is 56.9 Å². The van der Waals surface area contributed by atoms with Crippen molar-refractivity contribution < 1.29 is 4.74 Å². The minimum absolute atomic E-state index is 0.567. The molecule has 0 aliphatic heterocycles. The fourth-order valence-electron chi connectivity index (χ4n) is 3.77. The van der Waals surface area contributed by atoms with Gasteiger partial charge < -0.3 is 4.74 Å². The van der Waals surface area contributed by atoms with E-state index in [4.69, 9.17) is 4.74 Å². The number of nitrogens with zero attached hydrogens (tertiary/aromatic N) is 1. The summed E-state index contributed by atoms with van der Waals surface area (Å²) in [4.78, 5) is 0. The van der Waals surface area contributed by atoms with E-state index in [-0.39, 0.29) is 0 Å². The van der Waals surface area contributed by atoms with Crippen LogP contribution in [0, 0.1) is 17.2 Å². The molecule has 2 nitrogen and oxygen atoms in total. The van der Waals surface area contributed by atoms with E-state index in [9.17, 15) is 5.26 Å². The van der Waals surface area contributed by atoms with Crippen molar-refractivity contribution in [2.45, 2.75) is 77.6 Å². The van der Waals surface area contributed by atoms with E-state index >= 15 is 0 Å². The maximum Gasteiger partial charge on any atom is 0.140 e. The van der Waals surface area contributed by atoms with Gasteiger partial charge in [-0.25, -0.2) is 0 Å². The van der Waals surface area contributed by atoms with Crippen molar-refractivity contribution in [1.82, 2.24) is 0 Å². The van der Waals surface area contributed by atoms with E-state index in [2.05, 4.69) is 26.0 Å². The minimum atomic E-state index is 0.567. The van der Waals surface area contributed by atoms with Crippen LogP contribution in [0.4, 0.5) is 0 Å². The smallest absolute Gasteiger partial charge is 0.140 e. The molecule has 1 aromatic rings. The van der Waals surface area contributed by atoms with Crippen molar-refractivity contribution in [3.05, 3.63) is 29.3 Å². The Bertz CT molecular complexity index is 509. The molecule has 0 spiro atoms. The Morgan fingerprint density at radius 2 is 1.87 bits per heavy atom. The van der Waals surface area contributed by atoms with E-state index in [0.29, 0.717) is 18.1 Å². The van der Waals surface area contributed by atoms with Gasteiger partial charge in [-0.2, -0.15) is 5.26 Å². The molecule has 0 saturated heterocycles. The molecule has 2 rings (SSSR count). The highest BCUT2D eigenvalue weighted by molar-refractivity contribution is 5.50. The summed E-state index contributed by atoms with van der Waals surface area (Å²) in [6, 6.07) is 8.37. The molecule has 0 radical (unpaired) electrons. The van der Waals surface area contributed by atoms with Crippen molar-refractivity contribution in [2.75, 3.05) is 6.61 Å². The number of para-hydroxylation sites is 1. The zero-order chi connectivity index (χ0) is 16.5. The van der Waals surface area contributed by atoms with Crippen LogP contribution in [0.2, 0.25) is 0 Å². The van der Waals surface area contributed by atoms with Crippen molar-refractivity contribution >= 4 is 0 Å². The summed E-state index contributed by atoms with van der Waals surface area (Å²) in [7, 11) is 0. The largest absolute Gasteiger partial charge is 0.492 e. The molecule has 1 fully saturated rings. The lowest BCUT2D eigenvalue weighted by molar-refractivity contribution is 0.284. The summed E-state index contributed by atoms with van der Waals surface area (Å²) >= 11 is 0. The van der Waals surface area contributed by atoms with Gasteiger partial charge in [-0.3, -0.25) is 0 Å². The topological polar surface area (TPSA) is 33.0 Å². The number of rotatable bonds is 8. The highest BCUT2D eigenvalue weighted by atomic mass is 16.5. The van der Waals surface area contributed by atoms with Gasteiger partial charge in [-0.1, -0.05) is 51.7 Å². The molecule has 0 heterocycles. The second kappa shape index (κ2) is 9.60. The van der Waals surface area contributed by atoms with Crippen LogP contribution in [0.1, 0.15) is 88.7 Å². The summed E-state index contributed by atoms with van der Waals surface area (Å²) in [5.74, 6) is 2.33. The number of benzene rings is 1. The van der Waals surface area contributed by atoms with Crippen LogP contribution in [0.3, 0.4) is 0 Å². The summed E-state index contributed by atoms with van der Waals surface area (Å²) in [5, 5.41) is 9.37. The summed E-state index contributed by atoms with van der Waals surface area (Å²) in [6.45, 7) is 5.07. The van der Waals surface area contributed by atoms with Crippen molar-refractivity contribution in [1.29, 1.82) is 5.26 Å². The van der Waals surface area contributed by atoms with Gasteiger partial charge >= 0.3 is 0 Å². The number of nitriles is 1. The first-order chi connectivity index (χ1) is 11.3. The maximum absolute atomic E-state index is 9.37. The van der Waals surface area contributed by atoms with Crippen LogP contribution in [0.5, 0.6) is 5.75 Å². The molecule has 0 atom stereocenters. The number of ether oxygens (including phenoxy) is 1.